The zero-order valence-electron chi connectivity index (χ0n) is 15.6. The molecule has 3 rings (SSSR count). The van der Waals surface area contributed by atoms with Crippen molar-refractivity contribution in [1.82, 2.24) is 15.1 Å². The molecular formula is C21H21N3O4. The molecule has 7 heteroatoms. The van der Waals surface area contributed by atoms with E-state index in [4.69, 9.17) is 4.74 Å². The van der Waals surface area contributed by atoms with Crippen molar-refractivity contribution < 1.29 is 14.3 Å². The molecule has 0 bridgehead atoms. The third kappa shape index (κ3) is 4.43. The topological polar surface area (TPSA) is 90.3 Å². The molecule has 28 heavy (non-hydrogen) atoms. The molecule has 144 valence electrons. The number of rotatable bonds is 7. The van der Waals surface area contributed by atoms with E-state index in [1.165, 1.54) is 4.68 Å². The summed E-state index contributed by atoms with van der Waals surface area (Å²) in [5.41, 5.74) is 0.734. The van der Waals surface area contributed by atoms with Gasteiger partial charge in [0, 0.05) is 11.9 Å². The van der Waals surface area contributed by atoms with E-state index < -0.39 is 11.9 Å². The maximum Gasteiger partial charge on any atom is 0.325 e. The standard InChI is InChI=1S/C21H21N3O4/c1-2-12-24-21(27)17-11-7-6-10-16(17)19(23-24)20(26)22-13-18(25)28-14-15-8-4-3-5-9-15/h3-11H,2,12-14H2,1H3,(H,22,26). The molecule has 0 unspecified atom stereocenters. The zero-order chi connectivity index (χ0) is 19.9. The Bertz CT molecular complexity index is 1040. The summed E-state index contributed by atoms with van der Waals surface area (Å²) in [5.74, 6) is -1.08. The first kappa shape index (κ1) is 19.3. The molecule has 0 aliphatic rings. The summed E-state index contributed by atoms with van der Waals surface area (Å²) < 4.78 is 6.44. The van der Waals surface area contributed by atoms with Gasteiger partial charge in [-0.05, 0) is 18.1 Å². The number of benzene rings is 2. The van der Waals surface area contributed by atoms with Gasteiger partial charge in [0.25, 0.3) is 11.5 Å². The van der Waals surface area contributed by atoms with E-state index in [1.807, 2.05) is 37.3 Å². The van der Waals surface area contributed by atoms with Crippen molar-refractivity contribution in [2.75, 3.05) is 6.54 Å². The lowest BCUT2D eigenvalue weighted by molar-refractivity contribution is -0.143. The molecular weight excluding hydrogens is 358 g/mol. The van der Waals surface area contributed by atoms with E-state index in [9.17, 15) is 14.4 Å². The number of aryl methyl sites for hydroxylation is 1. The van der Waals surface area contributed by atoms with Crippen LogP contribution in [-0.4, -0.2) is 28.2 Å². The predicted molar refractivity (Wildman–Crippen MR) is 105 cm³/mol. The van der Waals surface area contributed by atoms with Gasteiger partial charge in [-0.2, -0.15) is 5.10 Å². The first-order valence-corrected chi connectivity index (χ1v) is 9.07. The molecule has 7 nitrogen and oxygen atoms in total. The molecule has 0 atom stereocenters. The lowest BCUT2D eigenvalue weighted by Crippen LogP contribution is -2.34. The number of fused-ring (bicyclic) bond motifs is 1. The Morgan fingerprint density at radius 3 is 2.43 bits per heavy atom. The van der Waals surface area contributed by atoms with Crippen LogP contribution in [0.2, 0.25) is 0 Å². The lowest BCUT2D eigenvalue weighted by atomic mass is 10.1. The Labute approximate surface area is 161 Å². The normalized spacial score (nSPS) is 10.6. The largest absolute Gasteiger partial charge is 0.460 e. The Hall–Kier alpha value is -3.48. The second kappa shape index (κ2) is 8.94. The summed E-state index contributed by atoms with van der Waals surface area (Å²) in [6.07, 6.45) is 0.706. The van der Waals surface area contributed by atoms with Crippen LogP contribution in [0.5, 0.6) is 0 Å². The number of nitrogens with one attached hydrogen (secondary N) is 1. The lowest BCUT2D eigenvalue weighted by Gasteiger charge is -2.11. The first-order chi connectivity index (χ1) is 13.6. The second-order valence-corrected chi connectivity index (χ2v) is 6.25. The first-order valence-electron chi connectivity index (χ1n) is 9.07. The number of hydrogen-bond acceptors (Lipinski definition) is 5. The van der Waals surface area contributed by atoms with Crippen molar-refractivity contribution in [1.29, 1.82) is 0 Å². The van der Waals surface area contributed by atoms with E-state index in [2.05, 4.69) is 10.4 Å². The average molecular weight is 379 g/mol. The smallest absolute Gasteiger partial charge is 0.325 e. The van der Waals surface area contributed by atoms with Gasteiger partial charge in [0.05, 0.1) is 5.39 Å². The molecule has 0 fully saturated rings. The van der Waals surface area contributed by atoms with Crippen molar-refractivity contribution in [2.24, 2.45) is 0 Å². The van der Waals surface area contributed by atoms with Crippen LogP contribution in [0.15, 0.2) is 59.4 Å². The summed E-state index contributed by atoms with van der Waals surface area (Å²) in [6, 6.07) is 16.1. The van der Waals surface area contributed by atoms with Crippen LogP contribution in [0.25, 0.3) is 10.8 Å². The van der Waals surface area contributed by atoms with Crippen LogP contribution in [-0.2, 0) is 22.7 Å². The van der Waals surface area contributed by atoms with E-state index >= 15 is 0 Å². The van der Waals surface area contributed by atoms with Crippen LogP contribution in [0, 0.1) is 0 Å². The molecule has 0 spiro atoms. The summed E-state index contributed by atoms with van der Waals surface area (Å²) in [4.78, 5) is 37.0. The van der Waals surface area contributed by atoms with Crippen LogP contribution in [0.3, 0.4) is 0 Å². The number of nitrogens with zero attached hydrogens (tertiary/aromatic N) is 2. The van der Waals surface area contributed by atoms with E-state index in [-0.39, 0.29) is 24.4 Å². The van der Waals surface area contributed by atoms with Gasteiger partial charge in [0.15, 0.2) is 5.69 Å². The van der Waals surface area contributed by atoms with Gasteiger partial charge in [0.2, 0.25) is 0 Å². The summed E-state index contributed by atoms with van der Waals surface area (Å²) in [6.45, 7) is 2.18. The molecule has 0 aliphatic heterocycles. The molecule has 0 radical (unpaired) electrons. The SMILES string of the molecule is CCCn1nc(C(=O)NCC(=O)OCc2ccccc2)c2ccccc2c1=O. The fraction of sp³-hybridized carbons (Fsp3) is 0.238. The highest BCUT2D eigenvalue weighted by Crippen LogP contribution is 2.13. The molecule has 3 aromatic rings. The van der Waals surface area contributed by atoms with Crippen molar-refractivity contribution in [3.8, 4) is 0 Å². The van der Waals surface area contributed by atoms with Gasteiger partial charge < -0.3 is 10.1 Å². The monoisotopic (exact) mass is 379 g/mol. The van der Waals surface area contributed by atoms with Gasteiger partial charge in [-0.15, -0.1) is 0 Å². The quantitative estimate of drug-likeness (QED) is 0.636. The minimum Gasteiger partial charge on any atom is -0.460 e. The minimum absolute atomic E-state index is 0.111. The Kier molecular flexibility index (Phi) is 6.16. The molecule has 1 aromatic heterocycles. The Balaban J connectivity index is 1.71. The highest BCUT2D eigenvalue weighted by Gasteiger charge is 2.17. The van der Waals surface area contributed by atoms with Crippen molar-refractivity contribution in [2.45, 2.75) is 26.5 Å². The van der Waals surface area contributed by atoms with Gasteiger partial charge in [0.1, 0.15) is 13.2 Å². The van der Waals surface area contributed by atoms with Crippen molar-refractivity contribution in [3.63, 3.8) is 0 Å². The fourth-order valence-corrected chi connectivity index (χ4v) is 2.79. The van der Waals surface area contributed by atoms with Crippen LogP contribution in [0.1, 0.15) is 29.4 Å². The van der Waals surface area contributed by atoms with Gasteiger partial charge in [-0.1, -0.05) is 55.5 Å². The second-order valence-electron chi connectivity index (χ2n) is 6.25. The fourth-order valence-electron chi connectivity index (χ4n) is 2.79. The van der Waals surface area contributed by atoms with E-state index in [1.54, 1.807) is 24.3 Å². The number of ether oxygens (including phenoxy) is 1. The number of esters is 1. The van der Waals surface area contributed by atoms with Crippen molar-refractivity contribution in [3.05, 3.63) is 76.2 Å². The summed E-state index contributed by atoms with van der Waals surface area (Å²) >= 11 is 0. The van der Waals surface area contributed by atoms with Crippen molar-refractivity contribution >= 4 is 22.6 Å². The highest BCUT2D eigenvalue weighted by molar-refractivity contribution is 6.05. The van der Waals surface area contributed by atoms with E-state index in [0.29, 0.717) is 23.7 Å². The number of carbonyl (C=O) groups is 2. The third-order valence-electron chi connectivity index (χ3n) is 4.15. The zero-order valence-corrected chi connectivity index (χ0v) is 15.6. The highest BCUT2D eigenvalue weighted by atomic mass is 16.5. The van der Waals surface area contributed by atoms with Crippen LogP contribution >= 0.6 is 0 Å². The molecule has 0 aliphatic carbocycles. The molecule has 2 aromatic carbocycles. The van der Waals surface area contributed by atoms with Gasteiger partial charge >= 0.3 is 5.97 Å². The summed E-state index contributed by atoms with van der Waals surface area (Å²) in [7, 11) is 0. The maximum atomic E-state index is 12.6. The Morgan fingerprint density at radius 1 is 1.04 bits per heavy atom. The number of aromatic nitrogens is 2. The number of hydrogen-bond donors (Lipinski definition) is 1. The molecule has 0 saturated carbocycles. The van der Waals surface area contributed by atoms with E-state index in [0.717, 1.165) is 5.56 Å². The molecule has 0 saturated heterocycles. The number of carbonyl (C=O) groups excluding carboxylic acids is 2. The minimum atomic E-state index is -0.552. The van der Waals surface area contributed by atoms with Crippen LogP contribution in [0.4, 0.5) is 0 Å². The van der Waals surface area contributed by atoms with Gasteiger partial charge in [-0.25, -0.2) is 4.68 Å². The molecule has 1 N–H and O–H groups in total. The number of amides is 1. The van der Waals surface area contributed by atoms with Crippen LogP contribution < -0.4 is 10.9 Å². The third-order valence-corrected chi connectivity index (χ3v) is 4.15. The Morgan fingerprint density at radius 2 is 1.71 bits per heavy atom. The molecule has 1 heterocycles. The average Bonchev–Trinajstić information content (AvgIpc) is 2.73. The van der Waals surface area contributed by atoms with Gasteiger partial charge in [-0.3, -0.25) is 14.4 Å². The molecule has 1 amide bonds. The summed E-state index contributed by atoms with van der Waals surface area (Å²) in [5, 5.41) is 7.60. The predicted octanol–water partition coefficient (Wildman–Crippen LogP) is 2.28. The maximum absolute atomic E-state index is 12.6.